The van der Waals surface area contributed by atoms with Crippen molar-refractivity contribution in [1.82, 2.24) is 25.4 Å². The predicted molar refractivity (Wildman–Crippen MR) is 116 cm³/mol. The van der Waals surface area contributed by atoms with Crippen LogP contribution in [0.4, 0.5) is 0 Å². The van der Waals surface area contributed by atoms with Gasteiger partial charge in [0.25, 0.3) is 0 Å². The smallest absolute Gasteiger partial charge is 0.191 e. The molecule has 1 aromatic rings. The molecule has 1 saturated carbocycles. The minimum atomic E-state index is 0. The molecule has 0 saturated heterocycles. The highest BCUT2D eigenvalue weighted by molar-refractivity contribution is 14.0. The Balaban J connectivity index is 0.00000338. The number of aliphatic imine (C=N–C) groups is 1. The molecule has 150 valence electrons. The molecule has 2 rings (SSSR count). The monoisotopic (exact) mass is 478 g/mol. The van der Waals surface area contributed by atoms with Crippen molar-refractivity contribution in [3.05, 3.63) is 12.2 Å². The Hall–Kier alpha value is -0.900. The summed E-state index contributed by atoms with van der Waals surface area (Å²) in [5.74, 6) is 1.89. The zero-order chi connectivity index (χ0) is 18.0. The van der Waals surface area contributed by atoms with Crippen LogP contribution >= 0.6 is 24.0 Å². The molecule has 8 heteroatoms. The number of aromatic nitrogens is 3. The minimum absolute atomic E-state index is 0. The maximum atomic E-state index is 5.59. The van der Waals surface area contributed by atoms with E-state index in [1.807, 2.05) is 7.05 Å². The second-order valence-corrected chi connectivity index (χ2v) is 6.80. The fraction of sp³-hybridized carbons (Fsp3) is 0.833. The first-order chi connectivity index (χ1) is 12.2. The lowest BCUT2D eigenvalue weighted by molar-refractivity contribution is 0.105. The van der Waals surface area contributed by atoms with Gasteiger partial charge in [0.05, 0.1) is 0 Å². The first kappa shape index (κ1) is 23.1. The average Bonchev–Trinajstić information content (AvgIpc) is 3.28. The van der Waals surface area contributed by atoms with Crippen molar-refractivity contribution in [2.45, 2.75) is 58.9 Å². The molecule has 7 nitrogen and oxygen atoms in total. The standard InChI is InChI=1S/C18H34N6O.HI/c1-4-16-23-22-15-24(16)12-11-20-17(19-3)21-14-18(8-6-7-9-18)10-13-25-5-2;/h15H,4-14H2,1-3H3,(H2,19,20,21);1H. The zero-order valence-electron chi connectivity index (χ0n) is 16.5. The Labute approximate surface area is 174 Å². The van der Waals surface area contributed by atoms with Gasteiger partial charge < -0.3 is 19.9 Å². The Morgan fingerprint density at radius 2 is 2.08 bits per heavy atom. The molecule has 26 heavy (non-hydrogen) atoms. The summed E-state index contributed by atoms with van der Waals surface area (Å²) in [7, 11) is 1.83. The van der Waals surface area contributed by atoms with Gasteiger partial charge >= 0.3 is 0 Å². The van der Waals surface area contributed by atoms with Crippen LogP contribution in [0.2, 0.25) is 0 Å². The van der Waals surface area contributed by atoms with E-state index in [4.69, 9.17) is 4.74 Å². The molecule has 0 aliphatic heterocycles. The number of hydrogen-bond acceptors (Lipinski definition) is 4. The van der Waals surface area contributed by atoms with Gasteiger partial charge in [-0.3, -0.25) is 4.99 Å². The molecule has 1 fully saturated rings. The Bertz CT molecular complexity index is 528. The first-order valence-electron chi connectivity index (χ1n) is 9.62. The lowest BCUT2D eigenvalue weighted by Gasteiger charge is -2.30. The maximum absolute atomic E-state index is 5.59. The SMILES string of the molecule is CCOCCC1(CNC(=NC)NCCn2cnnc2CC)CCCC1.I. The maximum Gasteiger partial charge on any atom is 0.191 e. The number of nitrogens with zero attached hydrogens (tertiary/aromatic N) is 4. The Kier molecular flexibility index (Phi) is 11.1. The van der Waals surface area contributed by atoms with E-state index in [1.54, 1.807) is 6.33 Å². The Morgan fingerprint density at radius 3 is 2.73 bits per heavy atom. The molecule has 1 aromatic heterocycles. The van der Waals surface area contributed by atoms with E-state index in [2.05, 4.69) is 44.2 Å². The minimum Gasteiger partial charge on any atom is -0.382 e. The molecule has 0 amide bonds. The van der Waals surface area contributed by atoms with E-state index in [0.717, 1.165) is 57.5 Å². The summed E-state index contributed by atoms with van der Waals surface area (Å²) in [5, 5.41) is 15.0. The summed E-state index contributed by atoms with van der Waals surface area (Å²) >= 11 is 0. The van der Waals surface area contributed by atoms with E-state index in [-0.39, 0.29) is 24.0 Å². The third kappa shape index (κ3) is 7.02. The van der Waals surface area contributed by atoms with Crippen molar-refractivity contribution < 1.29 is 4.74 Å². The van der Waals surface area contributed by atoms with Crippen molar-refractivity contribution >= 4 is 29.9 Å². The van der Waals surface area contributed by atoms with E-state index in [1.165, 1.54) is 25.7 Å². The largest absolute Gasteiger partial charge is 0.382 e. The molecule has 0 atom stereocenters. The van der Waals surface area contributed by atoms with Gasteiger partial charge in [-0.05, 0) is 31.6 Å². The van der Waals surface area contributed by atoms with Crippen LogP contribution in [-0.4, -0.2) is 54.1 Å². The number of rotatable bonds is 10. The van der Waals surface area contributed by atoms with E-state index >= 15 is 0 Å². The molecule has 1 aliphatic carbocycles. The lowest BCUT2D eigenvalue weighted by Crippen LogP contribution is -2.44. The lowest BCUT2D eigenvalue weighted by atomic mass is 9.83. The summed E-state index contributed by atoms with van der Waals surface area (Å²) < 4.78 is 7.68. The van der Waals surface area contributed by atoms with Gasteiger partial charge in [-0.15, -0.1) is 34.2 Å². The van der Waals surface area contributed by atoms with Crippen LogP contribution in [-0.2, 0) is 17.7 Å². The molecule has 0 aromatic carbocycles. The quantitative estimate of drug-likeness (QED) is 0.234. The molecule has 2 N–H and O–H groups in total. The van der Waals surface area contributed by atoms with Crippen molar-refractivity contribution in [2.75, 3.05) is 33.4 Å². The summed E-state index contributed by atoms with van der Waals surface area (Å²) in [6, 6.07) is 0. The highest BCUT2D eigenvalue weighted by atomic mass is 127. The van der Waals surface area contributed by atoms with Crippen LogP contribution in [0.1, 0.15) is 51.8 Å². The number of hydrogen-bond donors (Lipinski definition) is 2. The van der Waals surface area contributed by atoms with Gasteiger partial charge in [0.2, 0.25) is 0 Å². The number of aryl methyl sites for hydroxylation is 1. The van der Waals surface area contributed by atoms with Gasteiger partial charge in [-0.25, -0.2) is 0 Å². The van der Waals surface area contributed by atoms with Crippen molar-refractivity contribution in [3.63, 3.8) is 0 Å². The molecule has 0 bridgehead atoms. The van der Waals surface area contributed by atoms with Gasteiger partial charge in [0.1, 0.15) is 12.2 Å². The number of nitrogens with one attached hydrogen (secondary N) is 2. The second-order valence-electron chi connectivity index (χ2n) is 6.80. The topological polar surface area (TPSA) is 76.4 Å². The van der Waals surface area contributed by atoms with Crippen LogP contribution in [0.25, 0.3) is 0 Å². The van der Waals surface area contributed by atoms with Crippen LogP contribution in [0.3, 0.4) is 0 Å². The molecule has 1 aliphatic rings. The van der Waals surface area contributed by atoms with Gasteiger partial charge in [0.15, 0.2) is 5.96 Å². The van der Waals surface area contributed by atoms with E-state index in [9.17, 15) is 0 Å². The van der Waals surface area contributed by atoms with Crippen LogP contribution in [0.15, 0.2) is 11.3 Å². The van der Waals surface area contributed by atoms with Gasteiger partial charge in [-0.2, -0.15) is 0 Å². The van der Waals surface area contributed by atoms with E-state index < -0.39 is 0 Å². The number of ether oxygens (including phenoxy) is 1. The predicted octanol–water partition coefficient (Wildman–Crippen LogP) is 2.61. The number of halogens is 1. The molecule has 1 heterocycles. The molecular formula is C18H35IN6O. The molecule has 0 spiro atoms. The highest BCUT2D eigenvalue weighted by Gasteiger charge is 2.33. The molecule has 0 radical (unpaired) electrons. The zero-order valence-corrected chi connectivity index (χ0v) is 18.8. The van der Waals surface area contributed by atoms with Crippen molar-refractivity contribution in [3.8, 4) is 0 Å². The molecular weight excluding hydrogens is 443 g/mol. The first-order valence-corrected chi connectivity index (χ1v) is 9.62. The van der Waals surface area contributed by atoms with Crippen LogP contribution < -0.4 is 10.6 Å². The summed E-state index contributed by atoms with van der Waals surface area (Å²) in [6.45, 7) is 8.42. The number of guanidine groups is 1. The fourth-order valence-electron chi connectivity index (χ4n) is 3.60. The third-order valence-electron chi connectivity index (χ3n) is 5.16. The molecule has 0 unspecified atom stereocenters. The normalized spacial score (nSPS) is 16.3. The van der Waals surface area contributed by atoms with E-state index in [0.29, 0.717) is 5.41 Å². The van der Waals surface area contributed by atoms with Crippen molar-refractivity contribution in [1.29, 1.82) is 0 Å². The van der Waals surface area contributed by atoms with Crippen LogP contribution in [0.5, 0.6) is 0 Å². The van der Waals surface area contributed by atoms with Gasteiger partial charge in [0, 0.05) is 46.3 Å². The van der Waals surface area contributed by atoms with Crippen LogP contribution in [0, 0.1) is 5.41 Å². The average molecular weight is 478 g/mol. The van der Waals surface area contributed by atoms with Gasteiger partial charge in [-0.1, -0.05) is 19.8 Å². The summed E-state index contributed by atoms with van der Waals surface area (Å²) in [5.41, 5.74) is 0.358. The van der Waals surface area contributed by atoms with Crippen molar-refractivity contribution in [2.24, 2.45) is 10.4 Å². The second kappa shape index (κ2) is 12.5. The summed E-state index contributed by atoms with van der Waals surface area (Å²) in [4.78, 5) is 4.36. The third-order valence-corrected chi connectivity index (χ3v) is 5.16. The highest BCUT2D eigenvalue weighted by Crippen LogP contribution is 2.40. The Morgan fingerprint density at radius 1 is 1.31 bits per heavy atom. The summed E-state index contributed by atoms with van der Waals surface area (Å²) in [6.07, 6.45) is 9.04. The fourth-order valence-corrected chi connectivity index (χ4v) is 3.60.